The topological polar surface area (TPSA) is 34.1 Å². The molecule has 0 aliphatic carbocycles. The maximum Gasteiger partial charge on any atom is 0.139 e. The Morgan fingerprint density at radius 1 is 1.31 bits per heavy atom. The summed E-state index contributed by atoms with van der Waals surface area (Å²) >= 11 is 0. The first kappa shape index (κ1) is 9.84. The van der Waals surface area contributed by atoms with Gasteiger partial charge < -0.3 is 10.1 Å². The minimum Gasteiger partial charge on any atom is -0.495 e. The van der Waals surface area contributed by atoms with Gasteiger partial charge in [0, 0.05) is 11.6 Å². The van der Waals surface area contributed by atoms with Gasteiger partial charge in [0.1, 0.15) is 5.75 Å². The van der Waals surface area contributed by atoms with E-state index in [4.69, 9.17) is 4.74 Å². The lowest BCUT2D eigenvalue weighted by Gasteiger charge is -2.21. The van der Waals surface area contributed by atoms with Crippen molar-refractivity contribution in [2.45, 2.75) is 26.3 Å². The Morgan fingerprint density at radius 3 is 2.54 bits per heavy atom. The highest BCUT2D eigenvalue weighted by atomic mass is 16.5. The third-order valence-electron chi connectivity index (χ3n) is 1.47. The smallest absolute Gasteiger partial charge is 0.139 e. The first-order valence-corrected chi connectivity index (χ1v) is 4.28. The summed E-state index contributed by atoms with van der Waals surface area (Å²) in [6, 6.07) is 1.93. The summed E-state index contributed by atoms with van der Waals surface area (Å²) in [7, 11) is 1.64. The number of hydrogen-bond acceptors (Lipinski definition) is 3. The van der Waals surface area contributed by atoms with Crippen molar-refractivity contribution in [2.75, 3.05) is 12.4 Å². The fourth-order valence-corrected chi connectivity index (χ4v) is 1.03. The van der Waals surface area contributed by atoms with Crippen molar-refractivity contribution in [3.05, 3.63) is 18.5 Å². The molecule has 13 heavy (non-hydrogen) atoms. The van der Waals surface area contributed by atoms with Crippen LogP contribution in [0.25, 0.3) is 0 Å². The molecule has 0 unspecified atom stereocenters. The van der Waals surface area contributed by atoms with E-state index in [1.807, 2.05) is 6.07 Å². The van der Waals surface area contributed by atoms with Gasteiger partial charge in [-0.05, 0) is 20.8 Å². The summed E-state index contributed by atoms with van der Waals surface area (Å²) in [6.45, 7) is 6.31. The van der Waals surface area contributed by atoms with Gasteiger partial charge in [-0.25, -0.2) is 0 Å². The minimum absolute atomic E-state index is 0.0496. The van der Waals surface area contributed by atoms with Crippen LogP contribution < -0.4 is 10.1 Å². The van der Waals surface area contributed by atoms with E-state index < -0.39 is 0 Å². The van der Waals surface area contributed by atoms with E-state index in [9.17, 15) is 0 Å². The molecule has 1 aromatic heterocycles. The van der Waals surface area contributed by atoms with E-state index in [0.717, 1.165) is 11.4 Å². The number of rotatable bonds is 2. The van der Waals surface area contributed by atoms with Crippen molar-refractivity contribution in [1.29, 1.82) is 0 Å². The molecule has 0 aromatic carbocycles. The number of anilines is 1. The Kier molecular flexibility index (Phi) is 2.76. The van der Waals surface area contributed by atoms with E-state index in [1.165, 1.54) is 0 Å². The fraction of sp³-hybridized carbons (Fsp3) is 0.500. The number of ether oxygens (including phenoxy) is 1. The summed E-state index contributed by atoms with van der Waals surface area (Å²) in [5.74, 6) is 0.772. The molecule has 0 aliphatic rings. The van der Waals surface area contributed by atoms with Gasteiger partial charge in [-0.1, -0.05) is 0 Å². The Balaban J connectivity index is 2.78. The first-order chi connectivity index (χ1) is 6.01. The van der Waals surface area contributed by atoms with Gasteiger partial charge in [-0.2, -0.15) is 0 Å². The summed E-state index contributed by atoms with van der Waals surface area (Å²) in [4.78, 5) is 4.05. The average Bonchev–Trinajstić information content (AvgIpc) is 2.01. The molecule has 3 nitrogen and oxygen atoms in total. The van der Waals surface area contributed by atoms with Gasteiger partial charge in [-0.15, -0.1) is 0 Å². The molecular weight excluding hydrogens is 164 g/mol. The molecule has 0 atom stereocenters. The average molecular weight is 180 g/mol. The summed E-state index contributed by atoms with van der Waals surface area (Å²) in [5.41, 5.74) is 1.03. The van der Waals surface area contributed by atoms with Gasteiger partial charge in [-0.3, -0.25) is 4.98 Å². The van der Waals surface area contributed by atoms with Crippen LogP contribution >= 0.6 is 0 Å². The number of methoxy groups -OCH3 is 1. The zero-order valence-electron chi connectivity index (χ0n) is 8.59. The monoisotopic (exact) mass is 180 g/mol. The third-order valence-corrected chi connectivity index (χ3v) is 1.47. The molecule has 1 heterocycles. The molecule has 1 rings (SSSR count). The van der Waals surface area contributed by atoms with Crippen molar-refractivity contribution in [3.63, 3.8) is 0 Å². The van der Waals surface area contributed by atoms with Crippen molar-refractivity contribution < 1.29 is 4.74 Å². The van der Waals surface area contributed by atoms with Gasteiger partial charge in [0.2, 0.25) is 0 Å². The van der Waals surface area contributed by atoms with Crippen molar-refractivity contribution in [2.24, 2.45) is 0 Å². The van der Waals surface area contributed by atoms with E-state index in [0.29, 0.717) is 0 Å². The number of aromatic nitrogens is 1. The van der Waals surface area contributed by atoms with Crippen molar-refractivity contribution in [1.82, 2.24) is 4.98 Å². The quantitative estimate of drug-likeness (QED) is 0.758. The van der Waals surface area contributed by atoms with Crippen molar-refractivity contribution >= 4 is 5.69 Å². The van der Waals surface area contributed by atoms with Gasteiger partial charge in [0.25, 0.3) is 0 Å². The van der Waals surface area contributed by atoms with Crippen LogP contribution in [0.1, 0.15) is 20.8 Å². The molecule has 0 bridgehead atoms. The van der Waals surface area contributed by atoms with Crippen LogP contribution in [0.3, 0.4) is 0 Å². The molecule has 0 spiro atoms. The maximum atomic E-state index is 5.07. The lowest BCUT2D eigenvalue weighted by atomic mass is 10.1. The Morgan fingerprint density at radius 2 is 2.00 bits per heavy atom. The maximum absolute atomic E-state index is 5.07. The fourth-order valence-electron chi connectivity index (χ4n) is 1.03. The van der Waals surface area contributed by atoms with E-state index in [-0.39, 0.29) is 5.54 Å². The van der Waals surface area contributed by atoms with Crippen LogP contribution in [0.15, 0.2) is 18.5 Å². The first-order valence-electron chi connectivity index (χ1n) is 4.28. The largest absolute Gasteiger partial charge is 0.495 e. The van der Waals surface area contributed by atoms with Gasteiger partial charge in [0.05, 0.1) is 25.2 Å². The van der Waals surface area contributed by atoms with Crippen LogP contribution in [0.2, 0.25) is 0 Å². The van der Waals surface area contributed by atoms with E-state index in [1.54, 1.807) is 19.5 Å². The highest BCUT2D eigenvalue weighted by molar-refractivity contribution is 5.46. The Hall–Kier alpha value is -1.25. The molecule has 0 saturated carbocycles. The Bertz CT molecular complexity index is 278. The standard InChI is InChI=1S/C10H16N2O/c1-10(2,3)12-8-5-9(13-4)7-11-6-8/h5-7,12H,1-4H3. The predicted octanol–water partition coefficient (Wildman–Crippen LogP) is 2.30. The molecular formula is C10H16N2O. The second-order valence-electron chi connectivity index (χ2n) is 3.99. The molecule has 1 N–H and O–H groups in total. The minimum atomic E-state index is 0.0496. The molecule has 1 aromatic rings. The second kappa shape index (κ2) is 3.64. The number of pyridine rings is 1. The zero-order chi connectivity index (χ0) is 9.90. The number of nitrogens with one attached hydrogen (secondary N) is 1. The molecule has 0 radical (unpaired) electrons. The molecule has 3 heteroatoms. The van der Waals surface area contributed by atoms with Crippen LogP contribution in [0.5, 0.6) is 5.75 Å². The molecule has 72 valence electrons. The van der Waals surface area contributed by atoms with Crippen LogP contribution in [0.4, 0.5) is 5.69 Å². The SMILES string of the molecule is COc1cncc(NC(C)(C)C)c1. The molecule has 0 amide bonds. The summed E-state index contributed by atoms with van der Waals surface area (Å²) < 4.78 is 5.07. The number of hydrogen-bond donors (Lipinski definition) is 1. The van der Waals surface area contributed by atoms with E-state index in [2.05, 4.69) is 31.1 Å². The summed E-state index contributed by atoms with van der Waals surface area (Å²) in [5, 5.41) is 3.31. The van der Waals surface area contributed by atoms with Crippen molar-refractivity contribution in [3.8, 4) is 5.75 Å². The van der Waals surface area contributed by atoms with Crippen LogP contribution in [-0.4, -0.2) is 17.6 Å². The molecule has 0 aliphatic heterocycles. The zero-order valence-corrected chi connectivity index (χ0v) is 8.59. The molecule has 0 saturated heterocycles. The Labute approximate surface area is 79.1 Å². The second-order valence-corrected chi connectivity index (χ2v) is 3.99. The lowest BCUT2D eigenvalue weighted by Crippen LogP contribution is -2.26. The molecule has 0 fully saturated rings. The van der Waals surface area contributed by atoms with Gasteiger partial charge >= 0.3 is 0 Å². The van der Waals surface area contributed by atoms with Crippen LogP contribution in [-0.2, 0) is 0 Å². The predicted molar refractivity (Wildman–Crippen MR) is 54.2 cm³/mol. The highest BCUT2D eigenvalue weighted by Gasteiger charge is 2.09. The highest BCUT2D eigenvalue weighted by Crippen LogP contribution is 2.18. The number of nitrogens with zero attached hydrogens (tertiary/aromatic N) is 1. The summed E-state index contributed by atoms with van der Waals surface area (Å²) in [6.07, 6.45) is 3.47. The third kappa shape index (κ3) is 3.32. The van der Waals surface area contributed by atoms with Crippen LogP contribution in [0, 0.1) is 0 Å². The van der Waals surface area contributed by atoms with Gasteiger partial charge in [0.15, 0.2) is 0 Å². The lowest BCUT2D eigenvalue weighted by molar-refractivity contribution is 0.413. The normalized spacial score (nSPS) is 11.1. The van der Waals surface area contributed by atoms with E-state index >= 15 is 0 Å².